The van der Waals surface area contributed by atoms with Crippen LogP contribution in [-0.4, -0.2) is 27.8 Å². The largest absolute Gasteiger partial charge is 0.460 e. The van der Waals surface area contributed by atoms with E-state index in [9.17, 15) is 4.79 Å². The van der Waals surface area contributed by atoms with Crippen molar-refractivity contribution < 1.29 is 18.4 Å². The number of hydrogen-bond donors (Lipinski definition) is 0. The predicted octanol–water partition coefficient (Wildman–Crippen LogP) is 5.03. The van der Waals surface area contributed by atoms with E-state index >= 15 is 0 Å². The summed E-state index contributed by atoms with van der Waals surface area (Å²) in [7, 11) is 0. The Balaban J connectivity index is 1.60. The number of aryl methyl sites for hydroxylation is 2. The Hall–Kier alpha value is -2.65. The van der Waals surface area contributed by atoms with Gasteiger partial charge in [-0.1, -0.05) is 30.0 Å². The van der Waals surface area contributed by atoms with Crippen molar-refractivity contribution in [3.63, 3.8) is 0 Å². The number of thioether (sulfide) groups is 1. The van der Waals surface area contributed by atoms with Crippen LogP contribution in [0.25, 0.3) is 21.7 Å². The molecule has 7 nitrogen and oxygen atoms in total. The molecule has 0 saturated carbocycles. The lowest BCUT2D eigenvalue weighted by atomic mass is 10.1. The molecule has 0 amide bonds. The minimum atomic E-state index is -0.476. The average molecular weight is 415 g/mol. The Morgan fingerprint density at radius 3 is 2.79 bits per heavy atom. The van der Waals surface area contributed by atoms with Gasteiger partial charge in [-0.25, -0.2) is 9.78 Å². The van der Waals surface area contributed by atoms with E-state index in [0.717, 1.165) is 26.5 Å². The molecule has 0 aliphatic rings. The molecule has 4 aromatic rings. The molecule has 0 fully saturated rings. The number of carbonyl (C=O) groups excluding carboxylic acids is 1. The number of hydrogen-bond acceptors (Lipinski definition) is 9. The molecule has 0 N–H and O–H groups in total. The molecule has 3 heterocycles. The number of furan rings is 1. The van der Waals surface area contributed by atoms with Gasteiger partial charge in [0.2, 0.25) is 5.76 Å². The van der Waals surface area contributed by atoms with E-state index < -0.39 is 5.97 Å². The first-order chi connectivity index (χ1) is 13.6. The second kappa shape index (κ2) is 7.76. The van der Waals surface area contributed by atoms with E-state index in [1.807, 2.05) is 38.1 Å². The number of carbonyl (C=O) groups is 1. The van der Waals surface area contributed by atoms with Crippen molar-refractivity contribution in [2.75, 3.05) is 6.61 Å². The van der Waals surface area contributed by atoms with Crippen molar-refractivity contribution in [3.05, 3.63) is 46.3 Å². The minimum Gasteiger partial charge on any atom is -0.460 e. The van der Waals surface area contributed by atoms with Crippen LogP contribution in [-0.2, 0) is 10.5 Å². The summed E-state index contributed by atoms with van der Waals surface area (Å²) in [5, 5.41) is 10.5. The Morgan fingerprint density at radius 1 is 1.21 bits per heavy atom. The third kappa shape index (κ3) is 3.55. The first-order valence-electron chi connectivity index (χ1n) is 8.65. The highest BCUT2D eigenvalue weighted by Crippen LogP contribution is 2.34. The molecular weight excluding hydrogens is 398 g/mol. The third-order valence-electron chi connectivity index (χ3n) is 4.00. The highest BCUT2D eigenvalue weighted by molar-refractivity contribution is 7.98. The molecule has 4 rings (SSSR count). The number of fused-ring (bicyclic) bond motifs is 1. The molecule has 0 atom stereocenters. The van der Waals surface area contributed by atoms with Crippen LogP contribution in [0.2, 0.25) is 0 Å². The van der Waals surface area contributed by atoms with Gasteiger partial charge < -0.3 is 13.6 Å². The maximum absolute atomic E-state index is 12.3. The fourth-order valence-corrected chi connectivity index (χ4v) is 4.46. The van der Waals surface area contributed by atoms with Crippen molar-refractivity contribution in [1.29, 1.82) is 0 Å². The Kier molecular flexibility index (Phi) is 5.19. The van der Waals surface area contributed by atoms with E-state index in [2.05, 4.69) is 15.2 Å². The summed E-state index contributed by atoms with van der Waals surface area (Å²) < 4.78 is 16.6. The van der Waals surface area contributed by atoms with Crippen LogP contribution in [0, 0.1) is 13.8 Å². The van der Waals surface area contributed by atoms with Gasteiger partial charge in [0.1, 0.15) is 10.5 Å². The zero-order chi connectivity index (χ0) is 19.7. The summed E-state index contributed by atoms with van der Waals surface area (Å²) >= 11 is 2.86. The van der Waals surface area contributed by atoms with E-state index in [1.54, 1.807) is 6.92 Å². The first-order valence-corrected chi connectivity index (χ1v) is 10.4. The normalized spacial score (nSPS) is 11.2. The van der Waals surface area contributed by atoms with Gasteiger partial charge in [0, 0.05) is 16.7 Å². The smallest absolute Gasteiger partial charge is 0.374 e. The van der Waals surface area contributed by atoms with Gasteiger partial charge in [0.25, 0.3) is 11.1 Å². The van der Waals surface area contributed by atoms with Crippen molar-refractivity contribution in [1.82, 2.24) is 15.2 Å². The minimum absolute atomic E-state index is 0.212. The summed E-state index contributed by atoms with van der Waals surface area (Å²) in [6.45, 7) is 5.90. The predicted molar refractivity (Wildman–Crippen MR) is 107 cm³/mol. The van der Waals surface area contributed by atoms with Crippen LogP contribution < -0.4 is 0 Å². The maximum atomic E-state index is 12.3. The highest BCUT2D eigenvalue weighted by Gasteiger charge is 2.23. The Morgan fingerprint density at radius 2 is 2.04 bits per heavy atom. The van der Waals surface area contributed by atoms with Gasteiger partial charge in [-0.3, -0.25) is 0 Å². The lowest BCUT2D eigenvalue weighted by Gasteiger charge is -2.01. The number of rotatable bonds is 6. The number of thiazole rings is 1. The molecule has 0 aliphatic heterocycles. The second-order valence-electron chi connectivity index (χ2n) is 5.94. The SMILES string of the molecule is CCOC(=O)c1oc2ccccc2c1CSc1nnc(-c2sc(C)nc2C)o1. The average Bonchev–Trinajstić information content (AvgIpc) is 3.37. The zero-order valence-electron chi connectivity index (χ0n) is 15.5. The molecule has 9 heteroatoms. The number of ether oxygens (including phenoxy) is 1. The molecule has 0 aliphatic carbocycles. The molecular formula is C19H17N3O4S2. The molecule has 0 bridgehead atoms. The number of esters is 1. The maximum Gasteiger partial charge on any atom is 0.374 e. The highest BCUT2D eigenvalue weighted by atomic mass is 32.2. The van der Waals surface area contributed by atoms with Crippen molar-refractivity contribution >= 4 is 40.0 Å². The van der Waals surface area contributed by atoms with Gasteiger partial charge in [-0.2, -0.15) is 0 Å². The monoisotopic (exact) mass is 415 g/mol. The summed E-state index contributed by atoms with van der Waals surface area (Å²) in [6.07, 6.45) is 0. The summed E-state index contributed by atoms with van der Waals surface area (Å²) in [6, 6.07) is 7.51. The van der Waals surface area contributed by atoms with Crippen LogP contribution in [0.1, 0.15) is 33.7 Å². The third-order valence-corrected chi connectivity index (χ3v) is 5.91. The molecule has 144 valence electrons. The summed E-state index contributed by atoms with van der Waals surface area (Å²) in [5.41, 5.74) is 2.26. The van der Waals surface area contributed by atoms with Crippen LogP contribution >= 0.6 is 23.1 Å². The van der Waals surface area contributed by atoms with Crippen LogP contribution in [0.3, 0.4) is 0 Å². The molecule has 0 radical (unpaired) electrons. The number of benzene rings is 1. The number of para-hydroxylation sites is 1. The lowest BCUT2D eigenvalue weighted by Crippen LogP contribution is -2.05. The van der Waals surface area contributed by atoms with Crippen LogP contribution in [0.5, 0.6) is 0 Å². The van der Waals surface area contributed by atoms with Gasteiger partial charge in [0.05, 0.1) is 17.3 Å². The summed E-state index contributed by atoms with van der Waals surface area (Å²) in [4.78, 5) is 17.6. The molecule has 0 unspecified atom stereocenters. The molecule has 1 aromatic carbocycles. The topological polar surface area (TPSA) is 91.2 Å². The Bertz CT molecular complexity index is 1150. The van der Waals surface area contributed by atoms with Crippen molar-refractivity contribution in [3.8, 4) is 10.8 Å². The second-order valence-corrected chi connectivity index (χ2v) is 8.07. The van der Waals surface area contributed by atoms with E-state index in [0.29, 0.717) is 22.4 Å². The fourth-order valence-electron chi connectivity index (χ4n) is 2.83. The van der Waals surface area contributed by atoms with Crippen LogP contribution in [0.4, 0.5) is 0 Å². The standard InChI is InChI=1S/C19H17N3O4S2/c1-4-24-18(23)15-13(12-7-5-6-8-14(12)25-15)9-27-19-22-21-17(26-19)16-10(2)20-11(3)28-16/h5-8H,4,9H2,1-3H3. The summed E-state index contributed by atoms with van der Waals surface area (Å²) in [5.74, 6) is 0.627. The van der Waals surface area contributed by atoms with Crippen molar-refractivity contribution in [2.24, 2.45) is 0 Å². The van der Waals surface area contributed by atoms with Gasteiger partial charge in [0.15, 0.2) is 0 Å². The fraction of sp³-hybridized carbons (Fsp3) is 0.263. The van der Waals surface area contributed by atoms with Gasteiger partial charge in [-0.05, 0) is 26.8 Å². The first kappa shape index (κ1) is 18.7. The molecule has 0 spiro atoms. The molecule has 0 saturated heterocycles. The van der Waals surface area contributed by atoms with Crippen molar-refractivity contribution in [2.45, 2.75) is 31.7 Å². The quantitative estimate of drug-likeness (QED) is 0.320. The molecule has 28 heavy (non-hydrogen) atoms. The lowest BCUT2D eigenvalue weighted by molar-refractivity contribution is 0.0491. The number of nitrogens with zero attached hydrogens (tertiary/aromatic N) is 3. The van der Waals surface area contributed by atoms with E-state index in [1.165, 1.54) is 23.1 Å². The zero-order valence-corrected chi connectivity index (χ0v) is 17.1. The number of aromatic nitrogens is 3. The molecule has 3 aromatic heterocycles. The Labute approximate surface area is 169 Å². The van der Waals surface area contributed by atoms with Gasteiger partial charge >= 0.3 is 5.97 Å². The van der Waals surface area contributed by atoms with Gasteiger partial charge in [-0.15, -0.1) is 21.5 Å². The van der Waals surface area contributed by atoms with E-state index in [4.69, 9.17) is 13.6 Å². The van der Waals surface area contributed by atoms with E-state index in [-0.39, 0.29) is 12.4 Å². The van der Waals surface area contributed by atoms with Crippen LogP contribution in [0.15, 0.2) is 38.3 Å².